The van der Waals surface area contributed by atoms with E-state index in [2.05, 4.69) is 25.8 Å². The zero-order valence-electron chi connectivity index (χ0n) is 8.07. The fraction of sp³-hybridized carbons (Fsp3) is 1.00. The van der Waals surface area contributed by atoms with Crippen LogP contribution in [0.2, 0.25) is 0 Å². The molecule has 0 aromatic heterocycles. The Hall–Kier alpha value is -0.0400. The van der Waals surface area contributed by atoms with Crippen molar-refractivity contribution in [2.75, 3.05) is 13.6 Å². The molecule has 0 aliphatic heterocycles. The van der Waals surface area contributed by atoms with E-state index in [1.165, 1.54) is 19.4 Å². The highest BCUT2D eigenvalue weighted by molar-refractivity contribution is 4.97. The predicted molar refractivity (Wildman–Crippen MR) is 47.3 cm³/mol. The van der Waals surface area contributed by atoms with Gasteiger partial charge in [-0.2, -0.15) is 0 Å². The van der Waals surface area contributed by atoms with E-state index in [0.29, 0.717) is 5.54 Å². The molecule has 0 atom stereocenters. The summed E-state index contributed by atoms with van der Waals surface area (Å²) in [5, 5.41) is 0. The molecular weight excluding hydrogens is 122 g/mol. The first kappa shape index (κ1) is 9.96. The van der Waals surface area contributed by atoms with Crippen molar-refractivity contribution < 1.29 is 0 Å². The summed E-state index contributed by atoms with van der Waals surface area (Å²) in [6.07, 6.45) is 2.80. The largest absolute Gasteiger partial charge is 0.301 e. The lowest BCUT2D eigenvalue weighted by atomic mass is 10.3. The van der Waals surface area contributed by atoms with Gasteiger partial charge in [0.05, 0.1) is 0 Å². The molecule has 1 rings (SSSR count). The molecule has 1 nitrogen and oxygen atoms in total. The van der Waals surface area contributed by atoms with Gasteiger partial charge in [-0.3, -0.25) is 0 Å². The molecule has 0 bridgehead atoms. The Morgan fingerprint density at radius 3 is 1.80 bits per heavy atom. The standard InChI is InChI=1S/C7H15N.C2H6/c1-4-8(3)7(2)5-6-7;1-2/h4-6H2,1-3H3;1-2H3. The van der Waals surface area contributed by atoms with Gasteiger partial charge in [-0.15, -0.1) is 0 Å². The molecule has 0 heterocycles. The van der Waals surface area contributed by atoms with E-state index in [9.17, 15) is 0 Å². The lowest BCUT2D eigenvalue weighted by molar-refractivity contribution is 0.251. The monoisotopic (exact) mass is 143 g/mol. The van der Waals surface area contributed by atoms with Crippen LogP contribution in [0.4, 0.5) is 0 Å². The van der Waals surface area contributed by atoms with Crippen molar-refractivity contribution in [1.82, 2.24) is 4.90 Å². The summed E-state index contributed by atoms with van der Waals surface area (Å²) in [6, 6.07) is 0. The molecule has 0 aromatic rings. The maximum Gasteiger partial charge on any atom is 0.0179 e. The van der Waals surface area contributed by atoms with Crippen LogP contribution in [0.25, 0.3) is 0 Å². The Kier molecular flexibility index (Phi) is 3.95. The first-order valence-corrected chi connectivity index (χ1v) is 4.40. The van der Waals surface area contributed by atoms with Gasteiger partial charge in [-0.05, 0) is 33.4 Å². The average Bonchev–Trinajstić information content (AvgIpc) is 2.72. The van der Waals surface area contributed by atoms with Gasteiger partial charge in [0.1, 0.15) is 0 Å². The summed E-state index contributed by atoms with van der Waals surface area (Å²) in [5.74, 6) is 0. The number of hydrogen-bond acceptors (Lipinski definition) is 1. The first-order chi connectivity index (χ1) is 4.69. The smallest absolute Gasteiger partial charge is 0.0179 e. The van der Waals surface area contributed by atoms with Gasteiger partial charge < -0.3 is 4.90 Å². The van der Waals surface area contributed by atoms with Gasteiger partial charge in [-0.1, -0.05) is 20.8 Å². The van der Waals surface area contributed by atoms with E-state index >= 15 is 0 Å². The van der Waals surface area contributed by atoms with Crippen molar-refractivity contribution in [3.8, 4) is 0 Å². The molecular formula is C9H21N. The van der Waals surface area contributed by atoms with Crippen LogP contribution in [-0.2, 0) is 0 Å². The Morgan fingerprint density at radius 1 is 1.30 bits per heavy atom. The van der Waals surface area contributed by atoms with Crippen molar-refractivity contribution in [3.05, 3.63) is 0 Å². The van der Waals surface area contributed by atoms with Crippen LogP contribution in [0, 0.1) is 0 Å². The second-order valence-electron chi connectivity index (χ2n) is 3.01. The minimum Gasteiger partial charge on any atom is -0.301 e. The third-order valence-corrected chi connectivity index (χ3v) is 2.37. The van der Waals surface area contributed by atoms with Crippen LogP contribution < -0.4 is 0 Å². The molecule has 0 unspecified atom stereocenters. The molecule has 0 radical (unpaired) electrons. The molecule has 0 spiro atoms. The Bertz CT molecular complexity index is 84.7. The van der Waals surface area contributed by atoms with Crippen LogP contribution in [0.15, 0.2) is 0 Å². The zero-order chi connectivity index (χ0) is 8.20. The fourth-order valence-electron chi connectivity index (χ4n) is 0.944. The van der Waals surface area contributed by atoms with E-state index in [0.717, 1.165) is 0 Å². The fourth-order valence-corrected chi connectivity index (χ4v) is 0.944. The van der Waals surface area contributed by atoms with Crippen LogP contribution in [0.3, 0.4) is 0 Å². The normalized spacial score (nSPS) is 19.8. The van der Waals surface area contributed by atoms with Gasteiger partial charge in [-0.25, -0.2) is 0 Å². The van der Waals surface area contributed by atoms with E-state index < -0.39 is 0 Å². The summed E-state index contributed by atoms with van der Waals surface area (Å²) in [6.45, 7) is 9.73. The SMILES string of the molecule is CC.CCN(C)C1(C)CC1. The minimum atomic E-state index is 0.592. The van der Waals surface area contributed by atoms with Crippen molar-refractivity contribution in [1.29, 1.82) is 0 Å². The van der Waals surface area contributed by atoms with Crippen molar-refractivity contribution in [2.45, 2.75) is 46.1 Å². The second kappa shape index (κ2) is 3.97. The summed E-state index contributed by atoms with van der Waals surface area (Å²) in [7, 11) is 2.20. The number of rotatable bonds is 2. The molecule has 0 saturated heterocycles. The van der Waals surface area contributed by atoms with Gasteiger partial charge in [0.2, 0.25) is 0 Å². The van der Waals surface area contributed by atoms with Gasteiger partial charge >= 0.3 is 0 Å². The molecule has 10 heavy (non-hydrogen) atoms. The molecule has 1 heteroatoms. The Morgan fingerprint density at radius 2 is 1.70 bits per heavy atom. The number of nitrogens with zero attached hydrogens (tertiary/aromatic N) is 1. The lowest BCUT2D eigenvalue weighted by Gasteiger charge is -2.21. The molecule has 1 aliphatic carbocycles. The third-order valence-electron chi connectivity index (χ3n) is 2.37. The zero-order valence-corrected chi connectivity index (χ0v) is 8.07. The second-order valence-corrected chi connectivity index (χ2v) is 3.01. The van der Waals surface area contributed by atoms with Crippen molar-refractivity contribution in [3.63, 3.8) is 0 Å². The Labute approximate surface area is 65.4 Å². The average molecular weight is 143 g/mol. The molecule has 1 fully saturated rings. The van der Waals surface area contributed by atoms with Gasteiger partial charge in [0, 0.05) is 5.54 Å². The summed E-state index contributed by atoms with van der Waals surface area (Å²) in [5.41, 5.74) is 0.592. The maximum absolute atomic E-state index is 2.42. The van der Waals surface area contributed by atoms with Crippen LogP contribution >= 0.6 is 0 Å². The molecule has 0 N–H and O–H groups in total. The highest BCUT2D eigenvalue weighted by atomic mass is 15.2. The molecule has 1 saturated carbocycles. The summed E-state index contributed by atoms with van der Waals surface area (Å²) < 4.78 is 0. The van der Waals surface area contributed by atoms with Crippen LogP contribution in [0.1, 0.15) is 40.5 Å². The minimum absolute atomic E-state index is 0.592. The highest BCUT2D eigenvalue weighted by Gasteiger charge is 2.40. The summed E-state index contributed by atoms with van der Waals surface area (Å²) in [4.78, 5) is 2.42. The summed E-state index contributed by atoms with van der Waals surface area (Å²) >= 11 is 0. The maximum atomic E-state index is 2.42. The van der Waals surface area contributed by atoms with Gasteiger partial charge in [0.25, 0.3) is 0 Å². The van der Waals surface area contributed by atoms with E-state index in [4.69, 9.17) is 0 Å². The van der Waals surface area contributed by atoms with E-state index in [1.54, 1.807) is 0 Å². The van der Waals surface area contributed by atoms with Gasteiger partial charge in [0.15, 0.2) is 0 Å². The van der Waals surface area contributed by atoms with Crippen LogP contribution in [0.5, 0.6) is 0 Å². The van der Waals surface area contributed by atoms with Crippen molar-refractivity contribution in [2.24, 2.45) is 0 Å². The third kappa shape index (κ3) is 2.30. The van der Waals surface area contributed by atoms with Crippen LogP contribution in [-0.4, -0.2) is 24.0 Å². The highest BCUT2D eigenvalue weighted by Crippen LogP contribution is 2.39. The number of hydrogen-bond donors (Lipinski definition) is 0. The Balaban J connectivity index is 0.000000371. The quantitative estimate of drug-likeness (QED) is 0.574. The first-order valence-electron chi connectivity index (χ1n) is 4.40. The molecule has 62 valence electrons. The van der Waals surface area contributed by atoms with Crippen molar-refractivity contribution >= 4 is 0 Å². The topological polar surface area (TPSA) is 3.24 Å². The molecule has 1 aliphatic rings. The lowest BCUT2D eigenvalue weighted by Crippen LogP contribution is -2.30. The predicted octanol–water partition coefficient (Wildman–Crippen LogP) is 2.52. The van der Waals surface area contributed by atoms with E-state index in [1.807, 2.05) is 13.8 Å². The van der Waals surface area contributed by atoms with E-state index in [-0.39, 0.29) is 0 Å². The molecule has 0 amide bonds. The molecule has 0 aromatic carbocycles.